The molecular weight excluding hydrogens is 216 g/mol. The molecule has 1 aromatic rings. The molecule has 0 spiro atoms. The van der Waals surface area contributed by atoms with E-state index in [1.807, 2.05) is 4.68 Å². The molecular formula is C13H18N2O2. The van der Waals surface area contributed by atoms with Crippen molar-refractivity contribution in [1.29, 1.82) is 0 Å². The Morgan fingerprint density at radius 1 is 1.18 bits per heavy atom. The van der Waals surface area contributed by atoms with Gasteiger partial charge >= 0.3 is 5.97 Å². The predicted molar refractivity (Wildman–Crippen MR) is 63.3 cm³/mol. The van der Waals surface area contributed by atoms with Gasteiger partial charge in [-0.15, -0.1) is 0 Å². The minimum absolute atomic E-state index is 0.314. The molecule has 0 amide bonds. The van der Waals surface area contributed by atoms with Crippen LogP contribution in [-0.4, -0.2) is 20.9 Å². The van der Waals surface area contributed by atoms with Crippen LogP contribution >= 0.6 is 0 Å². The average Bonchev–Trinajstić information content (AvgIpc) is 2.44. The second kappa shape index (κ2) is 4.17. The first-order chi connectivity index (χ1) is 8.27. The fourth-order valence-corrected chi connectivity index (χ4v) is 2.91. The highest BCUT2D eigenvalue weighted by Gasteiger charge is 2.29. The van der Waals surface area contributed by atoms with Gasteiger partial charge in [0, 0.05) is 11.3 Å². The quantitative estimate of drug-likeness (QED) is 0.800. The Kier molecular flexibility index (Phi) is 2.65. The average molecular weight is 234 g/mol. The normalized spacial score (nSPS) is 20.5. The molecule has 1 N–H and O–H groups in total. The first-order valence-corrected chi connectivity index (χ1v) is 6.61. The number of carbonyl (C=O) groups is 1. The first-order valence-electron chi connectivity index (χ1n) is 6.61. The number of fused-ring (bicyclic) bond motifs is 1. The molecule has 1 saturated carbocycles. The highest BCUT2D eigenvalue weighted by Crippen LogP contribution is 2.35. The fraction of sp³-hybridized carbons (Fsp3) is 0.692. The summed E-state index contributed by atoms with van der Waals surface area (Å²) in [5.41, 5.74) is 2.54. The lowest BCUT2D eigenvalue weighted by Crippen LogP contribution is -2.20. The summed E-state index contributed by atoms with van der Waals surface area (Å²) in [6.45, 7) is 0. The van der Waals surface area contributed by atoms with Gasteiger partial charge in [-0.1, -0.05) is 6.42 Å². The summed E-state index contributed by atoms with van der Waals surface area (Å²) in [4.78, 5) is 11.3. The molecule has 0 atom stereocenters. The Bertz CT molecular complexity index is 447. The SMILES string of the molecule is O=C(O)c1nn(C2CCC2)c2c1CCCCC2. The van der Waals surface area contributed by atoms with E-state index in [0.717, 1.165) is 37.7 Å². The summed E-state index contributed by atoms with van der Waals surface area (Å²) >= 11 is 0. The number of rotatable bonds is 2. The van der Waals surface area contributed by atoms with E-state index in [-0.39, 0.29) is 0 Å². The maximum absolute atomic E-state index is 11.3. The van der Waals surface area contributed by atoms with Gasteiger partial charge < -0.3 is 5.11 Å². The Morgan fingerprint density at radius 2 is 1.94 bits per heavy atom. The van der Waals surface area contributed by atoms with Crippen molar-refractivity contribution in [3.8, 4) is 0 Å². The maximum Gasteiger partial charge on any atom is 0.356 e. The monoisotopic (exact) mass is 234 g/mol. The number of carboxylic acid groups (broad SMARTS) is 1. The molecule has 0 aliphatic heterocycles. The largest absolute Gasteiger partial charge is 0.476 e. The number of carboxylic acids is 1. The maximum atomic E-state index is 11.3. The van der Waals surface area contributed by atoms with Gasteiger partial charge in [0.15, 0.2) is 5.69 Å². The van der Waals surface area contributed by atoms with Crippen LogP contribution in [0.25, 0.3) is 0 Å². The Labute approximate surface area is 101 Å². The molecule has 0 saturated heterocycles. The van der Waals surface area contributed by atoms with Gasteiger partial charge in [-0.25, -0.2) is 4.79 Å². The third-order valence-electron chi connectivity index (χ3n) is 4.08. The third-order valence-corrected chi connectivity index (χ3v) is 4.08. The van der Waals surface area contributed by atoms with Crippen LogP contribution in [0.1, 0.15) is 66.3 Å². The van der Waals surface area contributed by atoms with Crippen LogP contribution in [0.3, 0.4) is 0 Å². The zero-order chi connectivity index (χ0) is 11.8. The molecule has 0 radical (unpaired) electrons. The van der Waals surface area contributed by atoms with Crippen LogP contribution in [0, 0.1) is 0 Å². The van der Waals surface area contributed by atoms with Gasteiger partial charge in [-0.3, -0.25) is 4.68 Å². The Hall–Kier alpha value is -1.32. The predicted octanol–water partition coefficient (Wildman–Crippen LogP) is 2.58. The van der Waals surface area contributed by atoms with Crippen molar-refractivity contribution < 1.29 is 9.90 Å². The number of aromatic carboxylic acids is 1. The molecule has 4 nitrogen and oxygen atoms in total. The molecule has 0 bridgehead atoms. The molecule has 1 fully saturated rings. The van der Waals surface area contributed by atoms with E-state index < -0.39 is 5.97 Å². The molecule has 1 aromatic heterocycles. The number of hydrogen-bond donors (Lipinski definition) is 1. The van der Waals surface area contributed by atoms with Gasteiger partial charge in [0.2, 0.25) is 0 Å². The molecule has 2 aliphatic rings. The lowest BCUT2D eigenvalue weighted by molar-refractivity contribution is 0.0687. The minimum atomic E-state index is -0.860. The van der Waals surface area contributed by atoms with Crippen molar-refractivity contribution in [2.24, 2.45) is 0 Å². The van der Waals surface area contributed by atoms with Gasteiger partial charge in [-0.05, 0) is 44.9 Å². The highest BCUT2D eigenvalue weighted by atomic mass is 16.4. The molecule has 2 aliphatic carbocycles. The van der Waals surface area contributed by atoms with Crippen LogP contribution in [0.4, 0.5) is 0 Å². The van der Waals surface area contributed by atoms with Crippen molar-refractivity contribution in [3.05, 3.63) is 17.0 Å². The van der Waals surface area contributed by atoms with Crippen molar-refractivity contribution in [2.45, 2.75) is 57.4 Å². The zero-order valence-corrected chi connectivity index (χ0v) is 9.98. The third kappa shape index (κ3) is 1.75. The van der Waals surface area contributed by atoms with Crippen LogP contribution in [0.5, 0.6) is 0 Å². The van der Waals surface area contributed by atoms with Crippen molar-refractivity contribution in [2.75, 3.05) is 0 Å². The van der Waals surface area contributed by atoms with E-state index in [9.17, 15) is 9.90 Å². The van der Waals surface area contributed by atoms with Gasteiger partial charge in [0.25, 0.3) is 0 Å². The van der Waals surface area contributed by atoms with E-state index in [0.29, 0.717) is 11.7 Å². The topological polar surface area (TPSA) is 55.1 Å². The van der Waals surface area contributed by atoms with Gasteiger partial charge in [0.05, 0.1) is 6.04 Å². The molecule has 0 unspecified atom stereocenters. The number of aromatic nitrogens is 2. The number of nitrogens with zero attached hydrogens (tertiary/aromatic N) is 2. The van der Waals surface area contributed by atoms with Crippen LogP contribution in [0.2, 0.25) is 0 Å². The summed E-state index contributed by atoms with van der Waals surface area (Å²) < 4.78 is 2.04. The van der Waals surface area contributed by atoms with E-state index in [4.69, 9.17) is 0 Å². The number of hydrogen-bond acceptors (Lipinski definition) is 2. The highest BCUT2D eigenvalue weighted by molar-refractivity contribution is 5.87. The van der Waals surface area contributed by atoms with E-state index in [1.54, 1.807) is 0 Å². The van der Waals surface area contributed by atoms with Crippen LogP contribution in [-0.2, 0) is 12.8 Å². The molecule has 92 valence electrons. The van der Waals surface area contributed by atoms with Gasteiger partial charge in [0.1, 0.15) is 0 Å². The first kappa shape index (κ1) is 10.8. The molecule has 17 heavy (non-hydrogen) atoms. The zero-order valence-electron chi connectivity index (χ0n) is 9.98. The molecule has 4 heteroatoms. The molecule has 1 heterocycles. The van der Waals surface area contributed by atoms with Crippen LogP contribution < -0.4 is 0 Å². The van der Waals surface area contributed by atoms with Crippen LogP contribution in [0.15, 0.2) is 0 Å². The standard InChI is InChI=1S/C13H18N2O2/c16-13(17)12-10-7-2-1-3-8-11(10)15(14-12)9-5-4-6-9/h9H,1-8H2,(H,16,17). The van der Waals surface area contributed by atoms with E-state index >= 15 is 0 Å². The fourth-order valence-electron chi connectivity index (χ4n) is 2.91. The smallest absolute Gasteiger partial charge is 0.356 e. The Morgan fingerprint density at radius 3 is 2.59 bits per heavy atom. The Balaban J connectivity index is 2.06. The van der Waals surface area contributed by atoms with Crippen molar-refractivity contribution in [3.63, 3.8) is 0 Å². The summed E-state index contributed by atoms with van der Waals surface area (Å²) in [6, 6.07) is 0.468. The summed E-state index contributed by atoms with van der Waals surface area (Å²) in [6.07, 6.45) is 8.95. The second-order valence-corrected chi connectivity index (χ2v) is 5.17. The summed E-state index contributed by atoms with van der Waals surface area (Å²) in [5, 5.41) is 13.6. The lowest BCUT2D eigenvalue weighted by atomic mass is 9.93. The molecule has 0 aromatic carbocycles. The lowest BCUT2D eigenvalue weighted by Gasteiger charge is -2.27. The second-order valence-electron chi connectivity index (χ2n) is 5.17. The van der Waals surface area contributed by atoms with Crippen molar-refractivity contribution >= 4 is 5.97 Å². The van der Waals surface area contributed by atoms with E-state index in [2.05, 4.69) is 5.10 Å². The molecule has 3 rings (SSSR count). The van der Waals surface area contributed by atoms with E-state index in [1.165, 1.54) is 25.0 Å². The summed E-state index contributed by atoms with van der Waals surface area (Å²) in [5.74, 6) is -0.860. The minimum Gasteiger partial charge on any atom is -0.476 e. The van der Waals surface area contributed by atoms with Gasteiger partial charge in [-0.2, -0.15) is 5.10 Å². The summed E-state index contributed by atoms with van der Waals surface area (Å²) in [7, 11) is 0. The van der Waals surface area contributed by atoms with Crippen molar-refractivity contribution in [1.82, 2.24) is 9.78 Å².